The standard InChI is InChI=1S/C7H3ClF2N2/c8-5-1-4(2-11)6(7(9)10)12-3-5/h1,3,7H. The third kappa shape index (κ3) is 1.69. The first kappa shape index (κ1) is 8.88. The van der Waals surface area contributed by atoms with Crippen molar-refractivity contribution in [3.05, 3.63) is 28.5 Å². The van der Waals surface area contributed by atoms with Crippen LogP contribution in [0.5, 0.6) is 0 Å². The molecule has 0 aliphatic rings. The van der Waals surface area contributed by atoms with E-state index in [0.29, 0.717) is 0 Å². The number of aromatic nitrogens is 1. The molecule has 62 valence electrons. The predicted molar refractivity (Wildman–Crippen MR) is 38.9 cm³/mol. The second kappa shape index (κ2) is 3.46. The Bertz CT molecular complexity index is 333. The Kier molecular flexibility index (Phi) is 2.56. The molecule has 0 unspecified atom stereocenters. The summed E-state index contributed by atoms with van der Waals surface area (Å²) in [5.41, 5.74) is -0.709. The van der Waals surface area contributed by atoms with Gasteiger partial charge >= 0.3 is 0 Å². The van der Waals surface area contributed by atoms with Crippen LogP contribution < -0.4 is 0 Å². The molecule has 0 spiro atoms. The highest BCUT2D eigenvalue weighted by Gasteiger charge is 2.14. The summed E-state index contributed by atoms with van der Waals surface area (Å²) in [5, 5.41) is 8.59. The van der Waals surface area contributed by atoms with E-state index in [4.69, 9.17) is 16.9 Å². The lowest BCUT2D eigenvalue weighted by Crippen LogP contribution is -1.94. The van der Waals surface area contributed by atoms with E-state index in [2.05, 4.69) is 4.98 Å². The van der Waals surface area contributed by atoms with Gasteiger partial charge in [-0.25, -0.2) is 8.78 Å². The van der Waals surface area contributed by atoms with Crippen molar-refractivity contribution in [2.24, 2.45) is 0 Å². The molecule has 1 rings (SSSR count). The predicted octanol–water partition coefficient (Wildman–Crippen LogP) is 2.54. The Balaban J connectivity index is 3.23. The van der Waals surface area contributed by atoms with Crippen molar-refractivity contribution in [3.8, 4) is 6.07 Å². The van der Waals surface area contributed by atoms with Gasteiger partial charge in [0.25, 0.3) is 6.43 Å². The van der Waals surface area contributed by atoms with Crippen LogP contribution in [0.4, 0.5) is 8.78 Å². The first-order chi connectivity index (χ1) is 5.65. The van der Waals surface area contributed by atoms with Gasteiger partial charge in [-0.2, -0.15) is 5.26 Å². The van der Waals surface area contributed by atoms with Crippen molar-refractivity contribution >= 4 is 11.6 Å². The molecular formula is C7H3ClF2N2. The van der Waals surface area contributed by atoms with Crippen LogP contribution >= 0.6 is 11.6 Å². The summed E-state index contributed by atoms with van der Waals surface area (Å²) >= 11 is 5.44. The van der Waals surface area contributed by atoms with Crippen molar-refractivity contribution in [2.75, 3.05) is 0 Å². The van der Waals surface area contributed by atoms with Gasteiger partial charge < -0.3 is 0 Å². The van der Waals surface area contributed by atoms with E-state index >= 15 is 0 Å². The zero-order valence-corrected chi connectivity index (χ0v) is 6.52. The van der Waals surface area contributed by atoms with E-state index in [1.54, 1.807) is 6.07 Å². The lowest BCUT2D eigenvalue weighted by Gasteiger charge is -2.00. The third-order valence-corrected chi connectivity index (χ3v) is 1.42. The minimum atomic E-state index is -2.74. The van der Waals surface area contributed by atoms with E-state index in [0.717, 1.165) is 12.3 Å². The van der Waals surface area contributed by atoms with Crippen LogP contribution in [0.2, 0.25) is 5.02 Å². The van der Waals surface area contributed by atoms with Gasteiger partial charge in [-0.05, 0) is 6.07 Å². The molecule has 0 N–H and O–H groups in total. The zero-order valence-electron chi connectivity index (χ0n) is 5.76. The Labute approximate surface area is 72.4 Å². The molecule has 5 heteroatoms. The van der Waals surface area contributed by atoms with E-state index in [1.165, 1.54) is 0 Å². The van der Waals surface area contributed by atoms with Crippen LogP contribution in [-0.4, -0.2) is 4.98 Å². The van der Waals surface area contributed by atoms with Crippen molar-refractivity contribution in [2.45, 2.75) is 6.43 Å². The molecule has 0 amide bonds. The normalized spacial score (nSPS) is 9.92. The summed E-state index contributed by atoms with van der Waals surface area (Å²) in [4.78, 5) is 3.34. The summed E-state index contributed by atoms with van der Waals surface area (Å²) < 4.78 is 24.2. The summed E-state index contributed by atoms with van der Waals surface area (Å²) in [6, 6.07) is 2.75. The minimum Gasteiger partial charge on any atom is -0.252 e. The number of nitrogens with zero attached hydrogens (tertiary/aromatic N) is 2. The molecule has 1 aromatic heterocycles. The van der Waals surface area contributed by atoms with Gasteiger partial charge in [-0.1, -0.05) is 11.6 Å². The number of nitriles is 1. The fourth-order valence-electron chi connectivity index (χ4n) is 0.713. The maximum absolute atomic E-state index is 12.1. The molecule has 1 heterocycles. The number of hydrogen-bond acceptors (Lipinski definition) is 2. The number of alkyl halides is 2. The Hall–Kier alpha value is -1.21. The van der Waals surface area contributed by atoms with Crippen molar-refractivity contribution in [1.82, 2.24) is 4.98 Å². The molecule has 0 bridgehead atoms. The van der Waals surface area contributed by atoms with Crippen LogP contribution in [0.15, 0.2) is 12.3 Å². The summed E-state index contributed by atoms with van der Waals surface area (Å²) in [6.07, 6.45) is -1.65. The molecule has 1 aromatic rings. The Morgan fingerprint density at radius 2 is 2.25 bits per heavy atom. The molecular weight excluding hydrogens is 186 g/mol. The summed E-state index contributed by atoms with van der Waals surface area (Å²) in [6.45, 7) is 0. The van der Waals surface area contributed by atoms with Gasteiger partial charge in [0.05, 0.1) is 10.6 Å². The number of rotatable bonds is 1. The zero-order chi connectivity index (χ0) is 9.14. The largest absolute Gasteiger partial charge is 0.281 e. The van der Waals surface area contributed by atoms with E-state index in [-0.39, 0.29) is 10.6 Å². The fourth-order valence-corrected chi connectivity index (χ4v) is 0.871. The average molecular weight is 189 g/mol. The van der Waals surface area contributed by atoms with Crippen LogP contribution in [-0.2, 0) is 0 Å². The molecule has 0 aromatic carbocycles. The lowest BCUT2D eigenvalue weighted by molar-refractivity contribution is 0.145. The van der Waals surface area contributed by atoms with Crippen molar-refractivity contribution in [1.29, 1.82) is 5.26 Å². The van der Waals surface area contributed by atoms with Crippen LogP contribution in [0, 0.1) is 11.3 Å². The third-order valence-electron chi connectivity index (χ3n) is 1.21. The Morgan fingerprint density at radius 1 is 1.58 bits per heavy atom. The van der Waals surface area contributed by atoms with Crippen LogP contribution in [0.25, 0.3) is 0 Å². The minimum absolute atomic E-state index is 0.177. The monoisotopic (exact) mass is 188 g/mol. The van der Waals surface area contributed by atoms with Crippen molar-refractivity contribution < 1.29 is 8.78 Å². The van der Waals surface area contributed by atoms with E-state index in [9.17, 15) is 8.78 Å². The quantitative estimate of drug-likeness (QED) is 0.679. The van der Waals surface area contributed by atoms with Gasteiger partial charge in [0.2, 0.25) is 0 Å². The number of hydrogen-bond donors (Lipinski definition) is 0. The molecule has 0 aliphatic heterocycles. The van der Waals surface area contributed by atoms with Gasteiger partial charge in [0, 0.05) is 6.20 Å². The maximum Gasteiger partial charge on any atom is 0.281 e. The second-order valence-corrected chi connectivity index (χ2v) is 2.44. The lowest BCUT2D eigenvalue weighted by atomic mass is 10.2. The highest BCUT2D eigenvalue weighted by atomic mass is 35.5. The molecule has 0 aliphatic carbocycles. The molecule has 0 radical (unpaired) electrons. The number of halogens is 3. The van der Waals surface area contributed by atoms with Crippen LogP contribution in [0.3, 0.4) is 0 Å². The van der Waals surface area contributed by atoms with E-state index < -0.39 is 12.1 Å². The van der Waals surface area contributed by atoms with Gasteiger partial charge in [-0.3, -0.25) is 4.98 Å². The number of pyridine rings is 1. The van der Waals surface area contributed by atoms with Gasteiger partial charge in [0.15, 0.2) is 0 Å². The average Bonchev–Trinajstić information content (AvgIpc) is 2.03. The summed E-state index contributed by atoms with van der Waals surface area (Å²) in [5.74, 6) is 0. The van der Waals surface area contributed by atoms with E-state index in [1.807, 2.05) is 0 Å². The first-order valence-corrected chi connectivity index (χ1v) is 3.36. The molecule has 0 atom stereocenters. The first-order valence-electron chi connectivity index (χ1n) is 2.99. The molecule has 0 saturated heterocycles. The summed E-state index contributed by atoms with van der Waals surface area (Å²) in [7, 11) is 0. The Morgan fingerprint density at radius 3 is 2.75 bits per heavy atom. The highest BCUT2D eigenvalue weighted by molar-refractivity contribution is 6.30. The molecule has 12 heavy (non-hydrogen) atoms. The highest BCUT2D eigenvalue weighted by Crippen LogP contribution is 2.21. The van der Waals surface area contributed by atoms with Crippen LogP contribution in [0.1, 0.15) is 17.7 Å². The second-order valence-electron chi connectivity index (χ2n) is 2.00. The SMILES string of the molecule is N#Cc1cc(Cl)cnc1C(F)F. The molecule has 0 fully saturated rings. The smallest absolute Gasteiger partial charge is 0.252 e. The van der Waals surface area contributed by atoms with Gasteiger partial charge in [-0.15, -0.1) is 0 Å². The maximum atomic E-state index is 12.1. The molecule has 0 saturated carbocycles. The van der Waals surface area contributed by atoms with Crippen molar-refractivity contribution in [3.63, 3.8) is 0 Å². The topological polar surface area (TPSA) is 36.7 Å². The fraction of sp³-hybridized carbons (Fsp3) is 0.143. The molecule has 2 nitrogen and oxygen atoms in total. The van der Waals surface area contributed by atoms with Gasteiger partial charge in [0.1, 0.15) is 11.8 Å².